The highest BCUT2D eigenvalue weighted by atomic mass is 19.1. The van der Waals surface area contributed by atoms with Crippen molar-refractivity contribution in [3.63, 3.8) is 0 Å². The number of fused-ring (bicyclic) bond motifs is 1. The van der Waals surface area contributed by atoms with E-state index in [2.05, 4.69) is 4.90 Å². The molecule has 146 valence electrons. The van der Waals surface area contributed by atoms with Gasteiger partial charge in [-0.2, -0.15) is 0 Å². The van der Waals surface area contributed by atoms with Gasteiger partial charge in [0.15, 0.2) is 0 Å². The Morgan fingerprint density at radius 3 is 2.85 bits per heavy atom. The molecule has 2 saturated heterocycles. The molecule has 3 heterocycles. The van der Waals surface area contributed by atoms with Crippen LogP contribution >= 0.6 is 0 Å². The maximum Gasteiger partial charge on any atom is 0.407 e. The monoisotopic (exact) mass is 378 g/mol. The molecule has 1 amide bonds. The minimum absolute atomic E-state index is 0.238. The van der Waals surface area contributed by atoms with E-state index < -0.39 is 17.7 Å². The van der Waals surface area contributed by atoms with E-state index in [0.29, 0.717) is 38.2 Å². The molecule has 1 spiro atoms. The van der Waals surface area contributed by atoms with Gasteiger partial charge in [-0.05, 0) is 37.0 Å². The number of carbonyl (C=O) groups is 2. The van der Waals surface area contributed by atoms with Crippen molar-refractivity contribution in [1.82, 2.24) is 9.80 Å². The zero-order valence-corrected chi connectivity index (χ0v) is 15.2. The van der Waals surface area contributed by atoms with Crippen LogP contribution < -0.4 is 0 Å². The van der Waals surface area contributed by atoms with Gasteiger partial charge in [0.2, 0.25) is 0 Å². The molecule has 1 aromatic carbocycles. The van der Waals surface area contributed by atoms with Gasteiger partial charge in [-0.25, -0.2) is 14.0 Å². The number of halogens is 1. The molecule has 4 rings (SSSR count). The number of hydrogen-bond acceptors (Lipinski definition) is 5. The van der Waals surface area contributed by atoms with Crippen LogP contribution in [0, 0.1) is 5.82 Å². The van der Waals surface area contributed by atoms with Crippen molar-refractivity contribution in [2.75, 3.05) is 33.4 Å². The molecular formula is C19H23FN2O5. The van der Waals surface area contributed by atoms with Gasteiger partial charge < -0.3 is 19.5 Å². The van der Waals surface area contributed by atoms with Crippen LogP contribution in [0.5, 0.6) is 0 Å². The second-order valence-corrected chi connectivity index (χ2v) is 7.62. The smallest absolute Gasteiger partial charge is 0.407 e. The first-order valence-corrected chi connectivity index (χ1v) is 9.16. The summed E-state index contributed by atoms with van der Waals surface area (Å²) >= 11 is 0. The van der Waals surface area contributed by atoms with Crippen LogP contribution in [0.4, 0.5) is 9.18 Å². The Hall–Kier alpha value is -2.19. The van der Waals surface area contributed by atoms with E-state index in [1.54, 1.807) is 6.07 Å². The highest BCUT2D eigenvalue weighted by Crippen LogP contribution is 2.37. The molecule has 8 heteroatoms. The number of likely N-dealkylation sites (tertiary alicyclic amines) is 1. The van der Waals surface area contributed by atoms with E-state index >= 15 is 0 Å². The van der Waals surface area contributed by atoms with Crippen LogP contribution in [0.2, 0.25) is 0 Å². The summed E-state index contributed by atoms with van der Waals surface area (Å²) in [4.78, 5) is 26.4. The van der Waals surface area contributed by atoms with Crippen molar-refractivity contribution in [3.05, 3.63) is 34.6 Å². The predicted molar refractivity (Wildman–Crippen MR) is 93.2 cm³/mol. The lowest BCUT2D eigenvalue weighted by Gasteiger charge is -2.53. The fourth-order valence-corrected chi connectivity index (χ4v) is 4.51. The van der Waals surface area contributed by atoms with E-state index in [1.807, 2.05) is 0 Å². The number of carbonyl (C=O) groups excluding carboxylic acids is 1. The first-order chi connectivity index (χ1) is 12.9. The predicted octanol–water partition coefficient (Wildman–Crippen LogP) is 1.88. The van der Waals surface area contributed by atoms with Crippen LogP contribution in [0.25, 0.3) is 0 Å². The normalized spacial score (nSPS) is 24.2. The van der Waals surface area contributed by atoms with Crippen LogP contribution in [-0.4, -0.2) is 72.0 Å². The van der Waals surface area contributed by atoms with Crippen LogP contribution in [0.15, 0.2) is 12.1 Å². The zero-order chi connectivity index (χ0) is 19.2. The summed E-state index contributed by atoms with van der Waals surface area (Å²) in [6.07, 6.45) is 1.37. The molecular weight excluding hydrogens is 355 g/mol. The van der Waals surface area contributed by atoms with E-state index in [-0.39, 0.29) is 17.4 Å². The van der Waals surface area contributed by atoms with Gasteiger partial charge in [0.25, 0.3) is 0 Å². The SMILES string of the molecule is COC(=O)c1cc(F)c2c(c1)CCN([C@@H]1CCOC3(C1)CN(C(=O)O)C3)C2. The third-order valence-corrected chi connectivity index (χ3v) is 5.95. The Morgan fingerprint density at radius 1 is 1.37 bits per heavy atom. The Labute approximate surface area is 156 Å². The number of esters is 1. The quantitative estimate of drug-likeness (QED) is 0.792. The van der Waals surface area contributed by atoms with Crippen LogP contribution in [-0.2, 0) is 22.4 Å². The molecule has 1 aromatic rings. The van der Waals surface area contributed by atoms with Gasteiger partial charge in [0.05, 0.1) is 25.8 Å². The molecule has 7 nitrogen and oxygen atoms in total. The summed E-state index contributed by atoms with van der Waals surface area (Å²) < 4.78 is 25.2. The molecule has 0 saturated carbocycles. The lowest BCUT2D eigenvalue weighted by molar-refractivity contribution is -0.173. The largest absolute Gasteiger partial charge is 0.465 e. The summed E-state index contributed by atoms with van der Waals surface area (Å²) in [6.45, 7) is 2.66. The second kappa shape index (κ2) is 6.76. The molecule has 0 radical (unpaired) electrons. The molecule has 0 bridgehead atoms. The second-order valence-electron chi connectivity index (χ2n) is 7.62. The van der Waals surface area contributed by atoms with Crippen LogP contribution in [0.3, 0.4) is 0 Å². The number of carboxylic acid groups (broad SMARTS) is 1. The Kier molecular flexibility index (Phi) is 4.55. The molecule has 27 heavy (non-hydrogen) atoms. The Bertz CT molecular complexity index is 778. The van der Waals surface area contributed by atoms with Crippen molar-refractivity contribution in [3.8, 4) is 0 Å². The molecule has 0 unspecified atom stereocenters. The fraction of sp³-hybridized carbons (Fsp3) is 0.579. The summed E-state index contributed by atoms with van der Waals surface area (Å²) in [5.41, 5.74) is 1.34. The maximum atomic E-state index is 14.6. The van der Waals surface area contributed by atoms with E-state index in [4.69, 9.17) is 14.6 Å². The van der Waals surface area contributed by atoms with Crippen LogP contribution in [0.1, 0.15) is 34.3 Å². The number of nitrogens with zero attached hydrogens (tertiary/aromatic N) is 2. The minimum Gasteiger partial charge on any atom is -0.465 e. The van der Waals surface area contributed by atoms with E-state index in [1.165, 1.54) is 18.1 Å². The molecule has 2 fully saturated rings. The maximum absolute atomic E-state index is 14.6. The average molecular weight is 378 g/mol. The highest BCUT2D eigenvalue weighted by Gasteiger charge is 2.50. The van der Waals surface area contributed by atoms with Gasteiger partial charge >= 0.3 is 12.1 Å². The average Bonchev–Trinajstić information content (AvgIpc) is 2.65. The number of methoxy groups -OCH3 is 1. The lowest BCUT2D eigenvalue weighted by atomic mass is 9.82. The van der Waals surface area contributed by atoms with Crippen molar-refractivity contribution in [2.45, 2.75) is 37.5 Å². The Morgan fingerprint density at radius 2 is 2.15 bits per heavy atom. The Balaban J connectivity index is 1.47. The highest BCUT2D eigenvalue weighted by molar-refractivity contribution is 5.89. The van der Waals surface area contributed by atoms with Gasteiger partial charge in [-0.3, -0.25) is 4.90 Å². The number of benzene rings is 1. The number of ether oxygens (including phenoxy) is 2. The van der Waals surface area contributed by atoms with E-state index in [0.717, 1.165) is 24.9 Å². The number of hydrogen-bond donors (Lipinski definition) is 1. The summed E-state index contributed by atoms with van der Waals surface area (Å²) in [7, 11) is 1.29. The summed E-state index contributed by atoms with van der Waals surface area (Å²) in [6, 6.07) is 3.21. The number of amides is 1. The topological polar surface area (TPSA) is 79.3 Å². The zero-order valence-electron chi connectivity index (χ0n) is 15.2. The van der Waals surface area contributed by atoms with E-state index in [9.17, 15) is 14.0 Å². The number of rotatable bonds is 2. The van der Waals surface area contributed by atoms with Gasteiger partial charge in [-0.1, -0.05) is 0 Å². The minimum atomic E-state index is -0.915. The van der Waals surface area contributed by atoms with Crippen molar-refractivity contribution < 1.29 is 28.6 Å². The van der Waals surface area contributed by atoms with Crippen molar-refractivity contribution in [2.24, 2.45) is 0 Å². The standard InChI is InChI=1S/C19H23FN2O5/c1-26-17(23)13-6-12-2-4-21(9-15(12)16(20)7-13)14-3-5-27-19(8-14)10-22(11-19)18(24)25/h6-7,14H,2-5,8-11H2,1H3,(H,24,25)/t14-/m1/s1. The third-order valence-electron chi connectivity index (χ3n) is 5.95. The molecule has 0 aromatic heterocycles. The fourth-order valence-electron chi connectivity index (χ4n) is 4.51. The lowest BCUT2D eigenvalue weighted by Crippen LogP contribution is -2.68. The first kappa shape index (κ1) is 18.2. The van der Waals surface area contributed by atoms with Gasteiger partial charge in [0.1, 0.15) is 11.4 Å². The third kappa shape index (κ3) is 3.27. The molecule has 1 N–H and O–H groups in total. The van der Waals surface area contributed by atoms with Gasteiger partial charge in [0, 0.05) is 31.3 Å². The van der Waals surface area contributed by atoms with Gasteiger partial charge in [-0.15, -0.1) is 0 Å². The summed E-state index contributed by atoms with van der Waals surface area (Å²) in [5, 5.41) is 9.07. The van der Waals surface area contributed by atoms with Crippen molar-refractivity contribution >= 4 is 12.1 Å². The molecule has 0 aliphatic carbocycles. The molecule has 3 aliphatic heterocycles. The summed E-state index contributed by atoms with van der Waals surface area (Å²) in [5.74, 6) is -0.904. The first-order valence-electron chi connectivity index (χ1n) is 9.16. The molecule has 1 atom stereocenters. The van der Waals surface area contributed by atoms with Crippen molar-refractivity contribution in [1.29, 1.82) is 0 Å². The molecule has 3 aliphatic rings.